The van der Waals surface area contributed by atoms with E-state index in [1.165, 1.54) is 16.7 Å². The molecular formula is C14H9BrF2N2S. The summed E-state index contributed by atoms with van der Waals surface area (Å²) in [6, 6.07) is 7.70. The summed E-state index contributed by atoms with van der Waals surface area (Å²) in [5.41, 5.74) is 2.21. The number of nitrogens with one attached hydrogen (secondary N) is 1. The molecule has 20 heavy (non-hydrogen) atoms. The Bertz CT molecular complexity index is 862. The monoisotopic (exact) mass is 354 g/mol. The number of imidazole rings is 1. The van der Waals surface area contributed by atoms with Crippen LogP contribution in [0.5, 0.6) is 0 Å². The molecule has 0 atom stereocenters. The molecule has 1 heterocycles. The quantitative estimate of drug-likeness (QED) is 0.607. The highest BCUT2D eigenvalue weighted by Crippen LogP contribution is 2.28. The fourth-order valence-electron chi connectivity index (χ4n) is 2.23. The third-order valence-electron chi connectivity index (χ3n) is 3.14. The molecule has 0 bridgehead atoms. The van der Waals surface area contributed by atoms with E-state index in [4.69, 9.17) is 12.2 Å². The number of hydrogen-bond donors (Lipinski definition) is 1. The zero-order valence-electron chi connectivity index (χ0n) is 10.4. The van der Waals surface area contributed by atoms with Gasteiger partial charge in [-0.25, -0.2) is 8.78 Å². The smallest absolute Gasteiger partial charge is 0.182 e. The summed E-state index contributed by atoms with van der Waals surface area (Å²) >= 11 is 8.37. The van der Waals surface area contributed by atoms with Crippen LogP contribution in [0.4, 0.5) is 8.78 Å². The van der Waals surface area contributed by atoms with Crippen molar-refractivity contribution in [3.05, 3.63) is 56.8 Å². The molecule has 0 unspecified atom stereocenters. The second kappa shape index (κ2) is 4.79. The Hall–Kier alpha value is -1.53. The van der Waals surface area contributed by atoms with Crippen LogP contribution in [-0.2, 0) is 0 Å². The van der Waals surface area contributed by atoms with Crippen LogP contribution in [0.2, 0.25) is 0 Å². The molecule has 1 N–H and O–H groups in total. The van der Waals surface area contributed by atoms with Crippen LogP contribution in [0.25, 0.3) is 16.7 Å². The van der Waals surface area contributed by atoms with Gasteiger partial charge in [-0.15, -0.1) is 0 Å². The summed E-state index contributed by atoms with van der Waals surface area (Å²) in [6.07, 6.45) is 0. The lowest BCUT2D eigenvalue weighted by Gasteiger charge is -2.09. The first-order valence-electron chi connectivity index (χ1n) is 5.84. The predicted octanol–water partition coefficient (Wildman–Crippen LogP) is 5.04. The van der Waals surface area contributed by atoms with E-state index in [2.05, 4.69) is 20.9 Å². The normalized spacial score (nSPS) is 11.2. The van der Waals surface area contributed by atoms with E-state index in [-0.39, 0.29) is 0 Å². The number of nitrogens with zero attached hydrogens (tertiary/aromatic N) is 1. The molecule has 0 aliphatic carbocycles. The molecule has 0 amide bonds. The standard InChI is InChI=1S/C14H9BrF2N2S/c1-7-3-2-4-9(16)13(7)19-12-6-10(17)8(15)5-11(12)18-14(19)20/h2-6H,1H3,(H,18,20). The highest BCUT2D eigenvalue weighted by Gasteiger charge is 2.14. The van der Waals surface area contributed by atoms with Crippen molar-refractivity contribution >= 4 is 39.2 Å². The lowest BCUT2D eigenvalue weighted by atomic mass is 10.2. The summed E-state index contributed by atoms with van der Waals surface area (Å²) in [5, 5.41) is 0. The first-order valence-corrected chi connectivity index (χ1v) is 7.04. The van der Waals surface area contributed by atoms with Crippen molar-refractivity contribution in [2.75, 3.05) is 0 Å². The molecule has 0 aliphatic rings. The molecule has 2 nitrogen and oxygen atoms in total. The van der Waals surface area contributed by atoms with Gasteiger partial charge < -0.3 is 4.98 Å². The second-order valence-corrected chi connectivity index (χ2v) is 5.70. The Balaban J connectivity index is 2.46. The van der Waals surface area contributed by atoms with Gasteiger partial charge >= 0.3 is 0 Å². The topological polar surface area (TPSA) is 20.7 Å². The van der Waals surface area contributed by atoms with E-state index in [0.717, 1.165) is 5.56 Å². The number of halogens is 3. The number of H-pyrrole nitrogens is 1. The predicted molar refractivity (Wildman–Crippen MR) is 80.8 cm³/mol. The molecule has 0 fully saturated rings. The number of aromatic nitrogens is 2. The Labute approximate surface area is 127 Å². The summed E-state index contributed by atoms with van der Waals surface area (Å²) in [7, 11) is 0. The molecule has 0 radical (unpaired) electrons. The van der Waals surface area contributed by atoms with Crippen molar-refractivity contribution in [1.82, 2.24) is 9.55 Å². The molecule has 3 aromatic rings. The fourth-order valence-corrected chi connectivity index (χ4v) is 2.87. The van der Waals surface area contributed by atoms with Gasteiger partial charge in [0.15, 0.2) is 4.77 Å². The molecule has 2 aromatic carbocycles. The Morgan fingerprint density at radius 2 is 1.95 bits per heavy atom. The van der Waals surface area contributed by atoms with Crippen LogP contribution in [0, 0.1) is 23.3 Å². The average Bonchev–Trinajstić information content (AvgIpc) is 2.67. The molecule has 0 saturated heterocycles. The molecule has 3 rings (SSSR count). The highest BCUT2D eigenvalue weighted by molar-refractivity contribution is 9.10. The summed E-state index contributed by atoms with van der Waals surface area (Å²) in [4.78, 5) is 2.96. The van der Waals surface area contributed by atoms with Gasteiger partial charge in [0, 0.05) is 6.07 Å². The van der Waals surface area contributed by atoms with Gasteiger partial charge in [-0.3, -0.25) is 4.57 Å². The number of para-hydroxylation sites is 1. The van der Waals surface area contributed by atoms with E-state index in [1.807, 2.05) is 0 Å². The van der Waals surface area contributed by atoms with Crippen LogP contribution in [0.1, 0.15) is 5.56 Å². The Morgan fingerprint density at radius 1 is 1.20 bits per heavy atom. The fraction of sp³-hybridized carbons (Fsp3) is 0.0714. The molecule has 0 saturated carbocycles. The minimum Gasteiger partial charge on any atom is -0.330 e. The highest BCUT2D eigenvalue weighted by atomic mass is 79.9. The van der Waals surface area contributed by atoms with E-state index >= 15 is 0 Å². The number of rotatable bonds is 1. The van der Waals surface area contributed by atoms with E-state index in [9.17, 15) is 8.78 Å². The third kappa shape index (κ3) is 1.99. The summed E-state index contributed by atoms with van der Waals surface area (Å²) in [6.45, 7) is 1.79. The first-order chi connectivity index (χ1) is 9.49. The van der Waals surface area contributed by atoms with Crippen LogP contribution in [0.15, 0.2) is 34.8 Å². The van der Waals surface area contributed by atoms with Crippen molar-refractivity contribution < 1.29 is 8.78 Å². The van der Waals surface area contributed by atoms with Gasteiger partial charge in [-0.05, 0) is 52.8 Å². The van der Waals surface area contributed by atoms with E-state index in [1.54, 1.807) is 25.1 Å². The van der Waals surface area contributed by atoms with Crippen LogP contribution < -0.4 is 0 Å². The lowest BCUT2D eigenvalue weighted by molar-refractivity contribution is 0.615. The molecule has 6 heteroatoms. The Morgan fingerprint density at radius 3 is 2.65 bits per heavy atom. The molecule has 0 spiro atoms. The lowest BCUT2D eigenvalue weighted by Crippen LogP contribution is -2.01. The number of fused-ring (bicyclic) bond motifs is 1. The van der Waals surface area contributed by atoms with Gasteiger partial charge in [-0.2, -0.15) is 0 Å². The maximum absolute atomic E-state index is 14.1. The minimum absolute atomic E-state index is 0.325. The van der Waals surface area contributed by atoms with E-state index in [0.29, 0.717) is 26.0 Å². The first kappa shape index (κ1) is 13.5. The average molecular weight is 355 g/mol. The second-order valence-electron chi connectivity index (χ2n) is 4.45. The third-order valence-corrected chi connectivity index (χ3v) is 4.03. The zero-order chi connectivity index (χ0) is 14.4. The number of aromatic amines is 1. The van der Waals surface area contributed by atoms with Gasteiger partial charge in [0.1, 0.15) is 11.6 Å². The van der Waals surface area contributed by atoms with Gasteiger partial charge in [0.25, 0.3) is 0 Å². The van der Waals surface area contributed by atoms with Gasteiger partial charge in [-0.1, -0.05) is 12.1 Å². The maximum atomic E-state index is 14.1. The maximum Gasteiger partial charge on any atom is 0.182 e. The summed E-state index contributed by atoms with van der Waals surface area (Å²) < 4.78 is 30.0. The van der Waals surface area contributed by atoms with Crippen LogP contribution in [0.3, 0.4) is 0 Å². The largest absolute Gasteiger partial charge is 0.330 e. The van der Waals surface area contributed by atoms with Crippen molar-refractivity contribution in [1.29, 1.82) is 0 Å². The molecule has 102 valence electrons. The zero-order valence-corrected chi connectivity index (χ0v) is 12.8. The van der Waals surface area contributed by atoms with E-state index < -0.39 is 11.6 Å². The summed E-state index contributed by atoms with van der Waals surface area (Å²) in [5.74, 6) is -0.820. The molecule has 0 aliphatic heterocycles. The van der Waals surface area contributed by atoms with Crippen LogP contribution >= 0.6 is 28.1 Å². The number of aryl methyl sites for hydroxylation is 1. The van der Waals surface area contributed by atoms with Crippen LogP contribution in [-0.4, -0.2) is 9.55 Å². The van der Waals surface area contributed by atoms with Crippen molar-refractivity contribution in [3.63, 3.8) is 0 Å². The number of hydrogen-bond acceptors (Lipinski definition) is 1. The molecular weight excluding hydrogens is 346 g/mol. The van der Waals surface area contributed by atoms with Gasteiger partial charge in [0.05, 0.1) is 21.2 Å². The number of benzene rings is 2. The molecule has 1 aromatic heterocycles. The van der Waals surface area contributed by atoms with Crippen molar-refractivity contribution in [2.45, 2.75) is 6.92 Å². The SMILES string of the molecule is Cc1cccc(F)c1-n1c(=S)[nH]c2cc(Br)c(F)cc21. The van der Waals surface area contributed by atoms with Crippen molar-refractivity contribution in [2.24, 2.45) is 0 Å². The van der Waals surface area contributed by atoms with Crippen molar-refractivity contribution in [3.8, 4) is 5.69 Å². The Kier molecular flexibility index (Phi) is 3.22. The van der Waals surface area contributed by atoms with Gasteiger partial charge in [0.2, 0.25) is 0 Å². The minimum atomic E-state index is -0.422.